The van der Waals surface area contributed by atoms with Crippen molar-refractivity contribution in [3.05, 3.63) is 12.2 Å². The van der Waals surface area contributed by atoms with E-state index >= 15 is 0 Å². The fraction of sp³-hybridized carbons (Fsp3) is 0.821. The maximum Gasteiger partial charge on any atom is 0.309 e. The summed E-state index contributed by atoms with van der Waals surface area (Å²) in [6, 6.07) is 0. The quantitative estimate of drug-likeness (QED) is 0.0699. The van der Waals surface area contributed by atoms with Crippen LogP contribution < -0.4 is 0 Å². The Balaban J connectivity index is 4.11. The van der Waals surface area contributed by atoms with Crippen LogP contribution in [-0.4, -0.2) is 63.9 Å². The average molecular weight is 499 g/mol. The number of nitrogens with zero attached hydrogens (tertiary/aromatic N) is 1. The van der Waals surface area contributed by atoms with Gasteiger partial charge in [0.1, 0.15) is 0 Å². The van der Waals surface area contributed by atoms with Gasteiger partial charge in [0.15, 0.2) is 0 Å². The Kier molecular flexibility index (Phi) is 21.3. The lowest BCUT2D eigenvalue weighted by Crippen LogP contribution is -2.52. The second-order valence-electron chi connectivity index (χ2n) is 9.96. The zero-order valence-electron chi connectivity index (χ0n) is 22.2. The molecule has 7 nitrogen and oxygen atoms in total. The minimum absolute atomic E-state index is 0.0953. The van der Waals surface area contributed by atoms with Crippen LogP contribution in [0.5, 0.6) is 0 Å². The Morgan fingerprint density at radius 3 is 1.23 bits per heavy atom. The molecular formula is C28H52NO6+. The van der Waals surface area contributed by atoms with Gasteiger partial charge in [0.2, 0.25) is 0 Å². The Morgan fingerprint density at radius 1 is 0.514 bits per heavy atom. The number of hydrogen-bond donors (Lipinski definition) is 3. The zero-order chi connectivity index (χ0) is 26.2. The molecule has 3 N–H and O–H groups in total. The molecular weight excluding hydrogens is 446 g/mol. The van der Waals surface area contributed by atoms with Gasteiger partial charge < -0.3 is 19.8 Å². The highest BCUT2D eigenvalue weighted by Gasteiger charge is 2.29. The fourth-order valence-corrected chi connectivity index (χ4v) is 4.53. The molecule has 0 rings (SSSR count). The van der Waals surface area contributed by atoms with Crippen LogP contribution in [0, 0.1) is 0 Å². The van der Waals surface area contributed by atoms with E-state index in [0.717, 1.165) is 12.8 Å². The van der Waals surface area contributed by atoms with Crippen molar-refractivity contribution in [1.29, 1.82) is 0 Å². The summed E-state index contributed by atoms with van der Waals surface area (Å²) in [6.45, 7) is 3.57. The van der Waals surface area contributed by atoms with Crippen molar-refractivity contribution < 1.29 is 34.2 Å². The minimum atomic E-state index is -0.948. The molecule has 0 saturated heterocycles. The first kappa shape index (κ1) is 33.1. The van der Waals surface area contributed by atoms with Crippen LogP contribution in [0.4, 0.5) is 0 Å². The Hall–Kier alpha value is -1.89. The van der Waals surface area contributed by atoms with Crippen molar-refractivity contribution in [2.45, 2.75) is 122 Å². The highest BCUT2D eigenvalue weighted by Crippen LogP contribution is 2.15. The highest BCUT2D eigenvalue weighted by atomic mass is 16.4. The van der Waals surface area contributed by atoms with Crippen LogP contribution >= 0.6 is 0 Å². The Labute approximate surface area is 213 Å². The Morgan fingerprint density at radius 2 is 0.857 bits per heavy atom. The number of unbranched alkanes of at least 4 members (excludes halogenated alkanes) is 13. The number of allylic oxidation sites excluding steroid dienone is 1. The predicted molar refractivity (Wildman–Crippen MR) is 141 cm³/mol. The first-order valence-corrected chi connectivity index (χ1v) is 14.0. The third kappa shape index (κ3) is 22.3. The number of quaternary nitrogens is 1. The molecule has 0 saturated carbocycles. The van der Waals surface area contributed by atoms with E-state index in [1.165, 1.54) is 77.0 Å². The molecule has 0 atom stereocenters. The van der Waals surface area contributed by atoms with Gasteiger partial charge in [-0.1, -0.05) is 96.1 Å². The molecule has 0 aromatic rings. The van der Waals surface area contributed by atoms with Crippen LogP contribution in [0.25, 0.3) is 0 Å². The monoisotopic (exact) mass is 498 g/mol. The average Bonchev–Trinajstić information content (AvgIpc) is 2.81. The van der Waals surface area contributed by atoms with E-state index in [9.17, 15) is 14.4 Å². The van der Waals surface area contributed by atoms with Gasteiger partial charge in [0, 0.05) is 6.42 Å². The molecule has 0 aliphatic carbocycles. The molecule has 0 aliphatic heterocycles. The molecule has 0 spiro atoms. The molecule has 0 heterocycles. The van der Waals surface area contributed by atoms with Crippen LogP contribution in [0.15, 0.2) is 12.2 Å². The lowest BCUT2D eigenvalue weighted by atomic mass is 10.0. The van der Waals surface area contributed by atoms with Gasteiger partial charge in [0.05, 0.1) is 45.4 Å². The maximum atomic E-state index is 11.1. The first-order chi connectivity index (χ1) is 16.8. The summed E-state index contributed by atoms with van der Waals surface area (Å²) < 4.78 is 0.216. The van der Waals surface area contributed by atoms with E-state index in [1.807, 2.05) is 0 Å². The summed E-state index contributed by atoms with van der Waals surface area (Å²) in [4.78, 5) is 33.3. The SMILES string of the molecule is CCCCCCCCCCCCCCC/C=C/CC[N+](CCC(=O)O)(CCC(=O)O)CCC(=O)O. The minimum Gasteiger partial charge on any atom is -0.481 e. The van der Waals surface area contributed by atoms with Gasteiger partial charge in [-0.05, 0) is 12.8 Å². The summed E-state index contributed by atoms with van der Waals surface area (Å²) in [7, 11) is 0. The molecule has 0 fully saturated rings. The van der Waals surface area contributed by atoms with Crippen molar-refractivity contribution in [1.82, 2.24) is 0 Å². The summed E-state index contributed by atoms with van der Waals surface area (Å²) in [5, 5.41) is 27.3. The molecule has 0 aliphatic rings. The number of carboxylic acid groups (broad SMARTS) is 3. The lowest BCUT2D eigenvalue weighted by Gasteiger charge is -2.37. The van der Waals surface area contributed by atoms with E-state index < -0.39 is 17.9 Å². The van der Waals surface area contributed by atoms with Crippen molar-refractivity contribution in [3.8, 4) is 0 Å². The zero-order valence-corrected chi connectivity index (χ0v) is 22.2. The molecule has 0 aromatic carbocycles. The van der Waals surface area contributed by atoms with E-state index in [2.05, 4.69) is 19.1 Å². The molecule has 0 bridgehead atoms. The maximum absolute atomic E-state index is 11.1. The predicted octanol–water partition coefficient (Wildman–Crippen LogP) is 6.65. The standard InChI is InChI=1S/C28H51NO6/c1-2-3-4-5-6-7-8-9-10-11-12-13-14-15-16-17-18-22-29(23-19-26(30)31,24-20-27(32)33)25-21-28(34)35/h16-17H,2-15,18-25H2,1H3,(H2-,30,31,32,33,34,35)/p+1/b17-16+. The van der Waals surface area contributed by atoms with Gasteiger partial charge in [-0.25, -0.2) is 0 Å². The normalized spacial score (nSPS) is 11.8. The lowest BCUT2D eigenvalue weighted by molar-refractivity contribution is -0.926. The van der Waals surface area contributed by atoms with E-state index in [0.29, 0.717) is 13.0 Å². The molecule has 204 valence electrons. The topological polar surface area (TPSA) is 112 Å². The van der Waals surface area contributed by atoms with Gasteiger partial charge in [-0.2, -0.15) is 0 Å². The highest BCUT2D eigenvalue weighted by molar-refractivity contribution is 5.67. The van der Waals surface area contributed by atoms with Gasteiger partial charge in [-0.15, -0.1) is 0 Å². The fourth-order valence-electron chi connectivity index (χ4n) is 4.53. The number of carboxylic acids is 3. The van der Waals surface area contributed by atoms with E-state index in [4.69, 9.17) is 15.3 Å². The van der Waals surface area contributed by atoms with Crippen molar-refractivity contribution in [2.24, 2.45) is 0 Å². The number of rotatable bonds is 26. The molecule has 7 heteroatoms. The van der Waals surface area contributed by atoms with Crippen LogP contribution in [0.2, 0.25) is 0 Å². The summed E-state index contributed by atoms with van der Waals surface area (Å²) in [5.41, 5.74) is 0. The number of hydrogen-bond acceptors (Lipinski definition) is 3. The third-order valence-corrected chi connectivity index (χ3v) is 6.81. The van der Waals surface area contributed by atoms with Crippen molar-refractivity contribution >= 4 is 17.9 Å². The molecule has 0 unspecified atom stereocenters. The van der Waals surface area contributed by atoms with E-state index in [1.54, 1.807) is 0 Å². The van der Waals surface area contributed by atoms with Gasteiger partial charge in [-0.3, -0.25) is 14.4 Å². The number of aliphatic carboxylic acids is 3. The largest absolute Gasteiger partial charge is 0.481 e. The van der Waals surface area contributed by atoms with Gasteiger partial charge >= 0.3 is 17.9 Å². The van der Waals surface area contributed by atoms with E-state index in [-0.39, 0.29) is 43.4 Å². The Bertz CT molecular complexity index is 544. The molecule has 0 radical (unpaired) electrons. The first-order valence-electron chi connectivity index (χ1n) is 14.0. The summed E-state index contributed by atoms with van der Waals surface area (Å²) >= 11 is 0. The van der Waals surface area contributed by atoms with Crippen LogP contribution in [0.1, 0.15) is 122 Å². The second-order valence-corrected chi connectivity index (χ2v) is 9.96. The van der Waals surface area contributed by atoms with Crippen molar-refractivity contribution in [2.75, 3.05) is 26.2 Å². The number of carbonyl (C=O) groups is 3. The smallest absolute Gasteiger partial charge is 0.309 e. The summed E-state index contributed by atoms with van der Waals surface area (Å²) in [6.07, 6.45) is 23.0. The molecule has 0 amide bonds. The van der Waals surface area contributed by atoms with Gasteiger partial charge in [0.25, 0.3) is 0 Å². The third-order valence-electron chi connectivity index (χ3n) is 6.81. The van der Waals surface area contributed by atoms with Crippen LogP contribution in [-0.2, 0) is 14.4 Å². The summed E-state index contributed by atoms with van der Waals surface area (Å²) in [5.74, 6) is -2.84. The molecule has 0 aromatic heterocycles. The van der Waals surface area contributed by atoms with Crippen molar-refractivity contribution in [3.63, 3.8) is 0 Å². The van der Waals surface area contributed by atoms with Crippen LogP contribution in [0.3, 0.4) is 0 Å². The molecule has 35 heavy (non-hydrogen) atoms. The second kappa shape index (κ2) is 22.6.